The van der Waals surface area contributed by atoms with Gasteiger partial charge in [-0.2, -0.15) is 0 Å². The molecular formula is C26H20FNO3. The second kappa shape index (κ2) is 9.27. The first-order valence-corrected chi connectivity index (χ1v) is 10.00. The van der Waals surface area contributed by atoms with Gasteiger partial charge in [-0.15, -0.1) is 0 Å². The minimum Gasteiger partial charge on any atom is -0.449 e. The second-order valence-electron chi connectivity index (χ2n) is 7.15. The molecule has 0 bridgehead atoms. The third-order valence-corrected chi connectivity index (χ3v) is 5.23. The van der Waals surface area contributed by atoms with Crippen LogP contribution in [0.1, 0.15) is 39.4 Å². The number of alkyl carbamates (subject to hydrolysis) is 1. The summed E-state index contributed by atoms with van der Waals surface area (Å²) >= 11 is 0. The van der Waals surface area contributed by atoms with Crippen molar-refractivity contribution in [3.8, 4) is 23.0 Å². The van der Waals surface area contributed by atoms with Crippen LogP contribution in [0.4, 0.5) is 9.18 Å². The first kappa shape index (κ1) is 20.4. The molecule has 0 aliphatic heterocycles. The molecule has 4 nitrogen and oxygen atoms in total. The lowest BCUT2D eigenvalue weighted by atomic mass is 9.98. The van der Waals surface area contributed by atoms with Crippen LogP contribution < -0.4 is 5.32 Å². The lowest BCUT2D eigenvalue weighted by Gasteiger charge is -2.14. The van der Waals surface area contributed by atoms with Gasteiger partial charge in [0, 0.05) is 30.0 Å². The van der Waals surface area contributed by atoms with E-state index in [2.05, 4.69) is 41.4 Å². The molecule has 0 radical (unpaired) electrons. The van der Waals surface area contributed by atoms with Crippen molar-refractivity contribution in [3.63, 3.8) is 0 Å². The van der Waals surface area contributed by atoms with E-state index in [1.807, 2.05) is 24.3 Å². The highest BCUT2D eigenvalue weighted by Crippen LogP contribution is 2.44. The first-order chi connectivity index (χ1) is 15.2. The van der Waals surface area contributed by atoms with Gasteiger partial charge in [-0.25, -0.2) is 9.18 Å². The van der Waals surface area contributed by atoms with E-state index in [1.165, 1.54) is 23.3 Å². The molecule has 0 unspecified atom stereocenters. The van der Waals surface area contributed by atoms with Gasteiger partial charge in [0.1, 0.15) is 12.4 Å². The average molecular weight is 413 g/mol. The van der Waals surface area contributed by atoms with Crippen LogP contribution in [-0.2, 0) is 4.74 Å². The number of aldehydes is 1. The Morgan fingerprint density at radius 2 is 1.71 bits per heavy atom. The van der Waals surface area contributed by atoms with Crippen LogP contribution in [0, 0.1) is 17.7 Å². The van der Waals surface area contributed by atoms with Gasteiger partial charge in [0.15, 0.2) is 6.29 Å². The summed E-state index contributed by atoms with van der Waals surface area (Å²) in [6.07, 6.45) is 0.445. The van der Waals surface area contributed by atoms with Crippen molar-refractivity contribution in [2.75, 3.05) is 13.2 Å². The fraction of sp³-hybridized carbons (Fsp3) is 0.154. The zero-order valence-electron chi connectivity index (χ0n) is 16.7. The fourth-order valence-corrected chi connectivity index (χ4v) is 3.78. The van der Waals surface area contributed by atoms with Gasteiger partial charge in [-0.1, -0.05) is 60.4 Å². The smallest absolute Gasteiger partial charge is 0.407 e. The van der Waals surface area contributed by atoms with Crippen LogP contribution in [0.3, 0.4) is 0 Å². The van der Waals surface area contributed by atoms with Gasteiger partial charge in [0.25, 0.3) is 0 Å². The predicted octanol–water partition coefficient (Wildman–Crippen LogP) is 4.92. The SMILES string of the molecule is O=Cc1cc(F)ccc1C#CCCNC(=O)OCC1c2ccccc2-c2ccccc21. The summed E-state index contributed by atoms with van der Waals surface area (Å²) in [4.78, 5) is 23.1. The average Bonchev–Trinajstić information content (AvgIpc) is 3.12. The predicted molar refractivity (Wildman–Crippen MR) is 116 cm³/mol. The summed E-state index contributed by atoms with van der Waals surface area (Å²) < 4.78 is 18.6. The number of hydrogen-bond acceptors (Lipinski definition) is 3. The van der Waals surface area contributed by atoms with Crippen molar-refractivity contribution in [1.82, 2.24) is 5.32 Å². The molecule has 0 spiro atoms. The summed E-state index contributed by atoms with van der Waals surface area (Å²) in [6, 6.07) is 20.2. The number of amides is 1. The summed E-state index contributed by atoms with van der Waals surface area (Å²) in [5.74, 6) is 5.23. The maximum Gasteiger partial charge on any atom is 0.407 e. The van der Waals surface area contributed by atoms with E-state index in [0.717, 1.165) is 17.2 Å². The van der Waals surface area contributed by atoms with E-state index in [0.29, 0.717) is 24.8 Å². The standard InChI is InChI=1S/C26H20FNO3/c27-20-13-12-18(19(15-20)16-29)7-5-6-14-28-26(30)31-17-25-23-10-3-1-8-21(23)22-9-2-4-11-24(22)25/h1-4,8-13,15-16,25H,6,14,17H2,(H,28,30). The molecule has 1 aliphatic rings. The van der Waals surface area contributed by atoms with Crippen LogP contribution in [0.15, 0.2) is 66.7 Å². The Kier molecular flexibility index (Phi) is 6.09. The van der Waals surface area contributed by atoms with Crippen LogP contribution in [0.25, 0.3) is 11.1 Å². The maximum absolute atomic E-state index is 13.1. The van der Waals surface area contributed by atoms with Crippen LogP contribution in [0.5, 0.6) is 0 Å². The first-order valence-electron chi connectivity index (χ1n) is 10.00. The molecule has 0 saturated heterocycles. The largest absolute Gasteiger partial charge is 0.449 e. The molecule has 31 heavy (non-hydrogen) atoms. The van der Waals surface area contributed by atoms with E-state index in [1.54, 1.807) is 0 Å². The van der Waals surface area contributed by atoms with E-state index < -0.39 is 11.9 Å². The third kappa shape index (κ3) is 4.49. The van der Waals surface area contributed by atoms with E-state index in [-0.39, 0.29) is 18.1 Å². The maximum atomic E-state index is 13.1. The number of fused-ring (bicyclic) bond motifs is 3. The lowest BCUT2D eigenvalue weighted by molar-refractivity contribution is 0.112. The molecule has 4 rings (SSSR count). The number of ether oxygens (including phenoxy) is 1. The Balaban J connectivity index is 1.30. The molecule has 0 fully saturated rings. The van der Waals surface area contributed by atoms with Gasteiger partial charge in [0.2, 0.25) is 0 Å². The normalized spacial score (nSPS) is 11.6. The van der Waals surface area contributed by atoms with Gasteiger partial charge < -0.3 is 10.1 Å². The van der Waals surface area contributed by atoms with Gasteiger partial charge in [-0.3, -0.25) is 4.79 Å². The minimum absolute atomic E-state index is 0.0122. The third-order valence-electron chi connectivity index (χ3n) is 5.23. The summed E-state index contributed by atoms with van der Waals surface area (Å²) in [7, 11) is 0. The molecule has 1 aliphatic carbocycles. The lowest BCUT2D eigenvalue weighted by Crippen LogP contribution is -2.26. The van der Waals surface area contributed by atoms with Crippen LogP contribution in [0.2, 0.25) is 0 Å². The molecule has 1 amide bonds. The van der Waals surface area contributed by atoms with Crippen LogP contribution in [-0.4, -0.2) is 25.5 Å². The van der Waals surface area contributed by atoms with Gasteiger partial charge >= 0.3 is 6.09 Å². The zero-order chi connectivity index (χ0) is 21.6. The Labute approximate surface area is 180 Å². The highest BCUT2D eigenvalue weighted by atomic mass is 19.1. The molecule has 3 aromatic rings. The van der Waals surface area contributed by atoms with Crippen molar-refractivity contribution in [3.05, 3.63) is 94.8 Å². The topological polar surface area (TPSA) is 55.4 Å². The Morgan fingerprint density at radius 3 is 2.39 bits per heavy atom. The minimum atomic E-state index is -0.501. The second-order valence-corrected chi connectivity index (χ2v) is 7.15. The Morgan fingerprint density at radius 1 is 1.03 bits per heavy atom. The summed E-state index contributed by atoms with van der Waals surface area (Å²) in [5, 5.41) is 2.69. The molecule has 0 heterocycles. The van der Waals surface area contributed by atoms with Crippen molar-refractivity contribution in [2.45, 2.75) is 12.3 Å². The van der Waals surface area contributed by atoms with Crippen molar-refractivity contribution < 1.29 is 18.7 Å². The molecular weight excluding hydrogens is 393 g/mol. The van der Waals surface area contributed by atoms with Gasteiger partial charge in [-0.05, 0) is 40.5 Å². The number of benzene rings is 3. The number of carbonyl (C=O) groups is 2. The molecule has 1 N–H and O–H groups in total. The Hall–Kier alpha value is -3.91. The summed E-state index contributed by atoms with van der Waals surface area (Å²) in [6.45, 7) is 0.561. The van der Waals surface area contributed by atoms with Crippen molar-refractivity contribution in [2.24, 2.45) is 0 Å². The highest BCUT2D eigenvalue weighted by molar-refractivity contribution is 5.80. The van der Waals surface area contributed by atoms with E-state index in [4.69, 9.17) is 4.74 Å². The van der Waals surface area contributed by atoms with Gasteiger partial charge in [0.05, 0.1) is 0 Å². The molecule has 154 valence electrons. The number of rotatable bonds is 5. The van der Waals surface area contributed by atoms with Crippen LogP contribution >= 0.6 is 0 Å². The number of halogens is 1. The quantitative estimate of drug-likeness (QED) is 0.367. The molecule has 3 aromatic carbocycles. The molecule has 0 saturated carbocycles. The number of nitrogens with one attached hydrogen (secondary N) is 1. The molecule has 5 heteroatoms. The van der Waals surface area contributed by atoms with Crippen molar-refractivity contribution >= 4 is 12.4 Å². The zero-order valence-corrected chi connectivity index (χ0v) is 16.7. The molecule has 0 aromatic heterocycles. The van der Waals surface area contributed by atoms with Crippen molar-refractivity contribution in [1.29, 1.82) is 0 Å². The van der Waals surface area contributed by atoms with E-state index in [9.17, 15) is 14.0 Å². The number of carbonyl (C=O) groups excluding carboxylic acids is 2. The highest BCUT2D eigenvalue weighted by Gasteiger charge is 2.28. The summed E-state index contributed by atoms with van der Waals surface area (Å²) in [5.41, 5.74) is 5.34. The fourth-order valence-electron chi connectivity index (χ4n) is 3.78. The Bertz CT molecular complexity index is 1150. The number of hydrogen-bond donors (Lipinski definition) is 1. The van der Waals surface area contributed by atoms with E-state index >= 15 is 0 Å². The monoisotopic (exact) mass is 413 g/mol. The molecule has 0 atom stereocenters.